The molecule has 2 aliphatic heterocycles. The molecule has 2 aromatic carbocycles. The number of benzene rings is 2. The average Bonchev–Trinajstić information content (AvgIpc) is 3.10. The molecule has 4 heteroatoms. The molecule has 4 nitrogen and oxygen atoms in total. The molecule has 2 aliphatic rings. The highest BCUT2D eigenvalue weighted by atomic mass is 16.2. The van der Waals surface area contributed by atoms with Crippen molar-refractivity contribution in [1.82, 2.24) is 0 Å². The molecule has 0 radical (unpaired) electrons. The fraction of sp³-hybridized carbons (Fsp3) is 0.318. The first-order valence-electron chi connectivity index (χ1n) is 9.31. The lowest BCUT2D eigenvalue weighted by atomic mass is 9.90. The Labute approximate surface area is 154 Å². The predicted octanol–water partition coefficient (Wildman–Crippen LogP) is 3.46. The van der Waals surface area contributed by atoms with Crippen molar-refractivity contribution in [2.45, 2.75) is 25.8 Å². The van der Waals surface area contributed by atoms with Crippen LogP contribution in [-0.2, 0) is 17.8 Å². The van der Waals surface area contributed by atoms with Crippen LogP contribution in [0.2, 0.25) is 0 Å². The van der Waals surface area contributed by atoms with Crippen LogP contribution in [-0.4, -0.2) is 19.0 Å². The normalized spacial score (nSPS) is 19.8. The molecule has 1 unspecified atom stereocenters. The number of nitrogens with zero attached hydrogens (tertiary/aromatic N) is 2. The van der Waals surface area contributed by atoms with Gasteiger partial charge in [0.2, 0.25) is 5.91 Å². The number of carbonyl (C=O) groups excluding carboxylic acids is 1. The van der Waals surface area contributed by atoms with Crippen molar-refractivity contribution < 1.29 is 4.79 Å². The third-order valence-corrected chi connectivity index (χ3v) is 5.44. The van der Waals surface area contributed by atoms with Gasteiger partial charge in [-0.2, -0.15) is 0 Å². The Bertz CT molecular complexity index is 831. The highest BCUT2D eigenvalue weighted by molar-refractivity contribution is 6.02. The molecule has 1 atom stereocenters. The highest BCUT2D eigenvalue weighted by Gasteiger charge is 2.35. The van der Waals surface area contributed by atoms with Crippen LogP contribution in [0.25, 0.3) is 0 Å². The minimum atomic E-state index is -0.150. The van der Waals surface area contributed by atoms with Crippen molar-refractivity contribution in [3.05, 3.63) is 71.9 Å². The maximum Gasteiger partial charge on any atom is 0.232 e. The van der Waals surface area contributed by atoms with Gasteiger partial charge >= 0.3 is 0 Å². The Morgan fingerprint density at radius 2 is 1.92 bits per heavy atom. The van der Waals surface area contributed by atoms with Crippen LogP contribution in [0.4, 0.5) is 11.4 Å². The third-order valence-electron chi connectivity index (χ3n) is 5.44. The first kappa shape index (κ1) is 16.9. The second kappa shape index (κ2) is 6.96. The minimum absolute atomic E-state index is 0.126. The third kappa shape index (κ3) is 2.90. The number of nitrogens with two attached hydrogens (primary N) is 1. The van der Waals surface area contributed by atoms with Gasteiger partial charge in [0.1, 0.15) is 0 Å². The Balaban J connectivity index is 1.80. The van der Waals surface area contributed by atoms with E-state index in [2.05, 4.69) is 41.8 Å². The maximum atomic E-state index is 13.2. The van der Waals surface area contributed by atoms with Crippen LogP contribution in [0.5, 0.6) is 0 Å². The van der Waals surface area contributed by atoms with Gasteiger partial charge in [-0.25, -0.2) is 0 Å². The van der Waals surface area contributed by atoms with Gasteiger partial charge in [0.15, 0.2) is 0 Å². The topological polar surface area (TPSA) is 49.6 Å². The van der Waals surface area contributed by atoms with Gasteiger partial charge in [0.25, 0.3) is 0 Å². The monoisotopic (exact) mass is 347 g/mol. The molecule has 0 bridgehead atoms. The Kier molecular flexibility index (Phi) is 4.51. The van der Waals surface area contributed by atoms with E-state index in [-0.39, 0.29) is 11.8 Å². The molecule has 26 heavy (non-hydrogen) atoms. The van der Waals surface area contributed by atoms with Gasteiger partial charge in [-0.05, 0) is 36.5 Å². The van der Waals surface area contributed by atoms with Crippen LogP contribution in [0.1, 0.15) is 24.0 Å². The van der Waals surface area contributed by atoms with Gasteiger partial charge in [-0.1, -0.05) is 49.0 Å². The summed E-state index contributed by atoms with van der Waals surface area (Å²) >= 11 is 0. The number of hydrogen-bond acceptors (Lipinski definition) is 3. The lowest BCUT2D eigenvalue weighted by molar-refractivity contribution is -0.122. The predicted molar refractivity (Wildman–Crippen MR) is 106 cm³/mol. The molecule has 134 valence electrons. The van der Waals surface area contributed by atoms with Gasteiger partial charge in [0.05, 0.1) is 23.8 Å². The van der Waals surface area contributed by atoms with E-state index < -0.39 is 0 Å². The van der Waals surface area contributed by atoms with Crippen molar-refractivity contribution in [3.8, 4) is 0 Å². The summed E-state index contributed by atoms with van der Waals surface area (Å²) in [6.45, 7) is 6.13. The van der Waals surface area contributed by atoms with E-state index in [1.807, 2.05) is 23.1 Å². The fourth-order valence-electron chi connectivity index (χ4n) is 4.09. The Hall–Kier alpha value is -2.59. The van der Waals surface area contributed by atoms with Gasteiger partial charge in [-0.15, -0.1) is 0 Å². The van der Waals surface area contributed by atoms with E-state index >= 15 is 0 Å². The molecule has 0 aromatic heterocycles. The van der Waals surface area contributed by atoms with Crippen molar-refractivity contribution in [2.24, 2.45) is 11.7 Å². The zero-order valence-electron chi connectivity index (χ0n) is 15.0. The number of rotatable bonds is 4. The van der Waals surface area contributed by atoms with E-state index in [1.54, 1.807) is 0 Å². The number of fused-ring (bicyclic) bond motifs is 1. The van der Waals surface area contributed by atoms with E-state index in [9.17, 15) is 4.79 Å². The molecule has 0 saturated carbocycles. The standard InChI is InChI=1S/C22H25N3O/c1-16-7-6-12-24(16)20-11-5-10-18-13-19(14-23)22(26)25(21(18)20)15-17-8-3-2-4-9-17/h2-5,8-11,19H,1,6-7,12-15,23H2. The first-order chi connectivity index (χ1) is 12.7. The molecule has 1 amide bonds. The SMILES string of the molecule is C=C1CCCN1c1cccc2c1N(Cc1ccccc1)C(=O)C(CN)C2. The highest BCUT2D eigenvalue weighted by Crippen LogP contribution is 2.42. The van der Waals surface area contributed by atoms with Crippen molar-refractivity contribution in [1.29, 1.82) is 0 Å². The molecule has 4 rings (SSSR count). The lowest BCUT2D eigenvalue weighted by Gasteiger charge is -2.37. The second-order valence-electron chi connectivity index (χ2n) is 7.15. The van der Waals surface area contributed by atoms with E-state index in [4.69, 9.17) is 5.73 Å². The van der Waals surface area contributed by atoms with Gasteiger partial charge < -0.3 is 15.5 Å². The molecule has 2 heterocycles. The number of anilines is 2. The zero-order chi connectivity index (χ0) is 18.1. The zero-order valence-corrected chi connectivity index (χ0v) is 15.0. The summed E-state index contributed by atoms with van der Waals surface area (Å²) in [5.41, 5.74) is 11.5. The van der Waals surface area contributed by atoms with Crippen LogP contribution in [0.15, 0.2) is 60.8 Å². The largest absolute Gasteiger partial charge is 0.344 e. The van der Waals surface area contributed by atoms with E-state index in [1.165, 1.54) is 5.56 Å². The lowest BCUT2D eigenvalue weighted by Crippen LogP contribution is -2.44. The Morgan fingerprint density at radius 3 is 2.62 bits per heavy atom. The smallest absolute Gasteiger partial charge is 0.232 e. The molecule has 2 N–H and O–H groups in total. The van der Waals surface area contributed by atoms with Crippen LogP contribution in [0.3, 0.4) is 0 Å². The van der Waals surface area contributed by atoms with Crippen LogP contribution in [0, 0.1) is 5.92 Å². The van der Waals surface area contributed by atoms with Crippen LogP contribution >= 0.6 is 0 Å². The van der Waals surface area contributed by atoms with Crippen LogP contribution < -0.4 is 15.5 Å². The van der Waals surface area contributed by atoms with Crippen molar-refractivity contribution in [2.75, 3.05) is 22.9 Å². The molecule has 0 spiro atoms. The summed E-state index contributed by atoms with van der Waals surface area (Å²) in [6, 6.07) is 16.5. The molecule has 1 fully saturated rings. The summed E-state index contributed by atoms with van der Waals surface area (Å²) < 4.78 is 0. The van der Waals surface area contributed by atoms with Gasteiger partial charge in [-0.3, -0.25) is 4.79 Å². The number of para-hydroxylation sites is 1. The quantitative estimate of drug-likeness (QED) is 0.921. The molecule has 2 aromatic rings. The van der Waals surface area contributed by atoms with Crippen molar-refractivity contribution >= 4 is 17.3 Å². The molecular weight excluding hydrogens is 322 g/mol. The number of hydrogen-bond donors (Lipinski definition) is 1. The van der Waals surface area contributed by atoms with Crippen molar-refractivity contribution in [3.63, 3.8) is 0 Å². The number of amides is 1. The summed E-state index contributed by atoms with van der Waals surface area (Å²) in [6.07, 6.45) is 2.84. The summed E-state index contributed by atoms with van der Waals surface area (Å²) in [4.78, 5) is 17.4. The number of allylic oxidation sites excluding steroid dienone is 1. The van der Waals surface area contributed by atoms with E-state index in [0.717, 1.165) is 42.0 Å². The molecular formula is C22H25N3O. The first-order valence-corrected chi connectivity index (χ1v) is 9.31. The molecule has 1 saturated heterocycles. The fourth-order valence-corrected chi connectivity index (χ4v) is 4.09. The summed E-state index contributed by atoms with van der Waals surface area (Å²) in [5.74, 6) is -0.0237. The van der Waals surface area contributed by atoms with E-state index in [0.29, 0.717) is 19.5 Å². The maximum absolute atomic E-state index is 13.2. The number of carbonyl (C=O) groups is 1. The average molecular weight is 347 g/mol. The second-order valence-corrected chi connectivity index (χ2v) is 7.15. The molecule has 0 aliphatic carbocycles. The summed E-state index contributed by atoms with van der Waals surface area (Å²) in [7, 11) is 0. The minimum Gasteiger partial charge on any atom is -0.344 e. The Morgan fingerprint density at radius 1 is 1.12 bits per heavy atom. The van der Waals surface area contributed by atoms with Gasteiger partial charge in [0, 0.05) is 18.8 Å². The summed E-state index contributed by atoms with van der Waals surface area (Å²) in [5, 5.41) is 0.